The van der Waals surface area contributed by atoms with Gasteiger partial charge in [0.2, 0.25) is 0 Å². The number of halogens is 6. The number of aromatic nitrogens is 4. The third-order valence-electron chi connectivity index (χ3n) is 0.963. The Morgan fingerprint density at radius 2 is 1.54 bits per heavy atom. The summed E-state index contributed by atoms with van der Waals surface area (Å²) in [5.74, 6) is -2.19. The van der Waals surface area contributed by atoms with Crippen LogP contribution in [-0.4, -0.2) is 20.2 Å². The molecule has 0 amide bonds. The van der Waals surface area contributed by atoms with Crippen LogP contribution in [0.5, 0.6) is 0 Å². The Morgan fingerprint density at radius 3 is 1.85 bits per heavy atom. The lowest BCUT2D eigenvalue weighted by Gasteiger charge is -2.08. The molecule has 0 fully saturated rings. The Morgan fingerprint density at radius 1 is 1.00 bits per heavy atom. The van der Waals surface area contributed by atoms with Gasteiger partial charge in [0.25, 0.3) is 5.82 Å². The van der Waals surface area contributed by atoms with Crippen LogP contribution in [0.3, 0.4) is 0 Å². The second-order valence-electron chi connectivity index (χ2n) is 1.88. The van der Waals surface area contributed by atoms with Crippen molar-refractivity contribution in [3.63, 3.8) is 0 Å². The van der Waals surface area contributed by atoms with E-state index in [2.05, 4.69) is 15.5 Å². The highest BCUT2D eigenvalue weighted by molar-refractivity contribution is 4.87. The normalized spacial score (nSPS) is 13.4. The van der Waals surface area contributed by atoms with Crippen molar-refractivity contribution in [1.82, 2.24) is 20.2 Å². The number of hydrogen-bond acceptors (Lipinski definition) is 3. The molecule has 0 saturated heterocycles. The van der Waals surface area contributed by atoms with E-state index < -0.39 is 23.0 Å². The van der Waals surface area contributed by atoms with Gasteiger partial charge in [-0.1, -0.05) is 0 Å². The monoisotopic (exact) mass is 206 g/mol. The molecule has 10 heteroatoms. The zero-order valence-electron chi connectivity index (χ0n) is 5.56. The van der Waals surface area contributed by atoms with Crippen LogP contribution in [-0.2, 0) is 12.5 Å². The van der Waals surface area contributed by atoms with Crippen LogP contribution in [0.4, 0.5) is 26.3 Å². The Bertz CT molecular complexity index is 267. The summed E-state index contributed by atoms with van der Waals surface area (Å²) in [6, 6.07) is 0. The fraction of sp³-hybridized carbons (Fsp3) is 0.667. The van der Waals surface area contributed by atoms with Gasteiger partial charge in [-0.2, -0.15) is 13.2 Å². The summed E-state index contributed by atoms with van der Waals surface area (Å²) in [6.45, 7) is 0. The van der Waals surface area contributed by atoms with Crippen molar-refractivity contribution >= 4 is 0 Å². The summed E-state index contributed by atoms with van der Waals surface area (Å²) >= 11 is 0. The molecule has 0 unspecified atom stereocenters. The molecule has 74 valence electrons. The average molecular weight is 206 g/mol. The van der Waals surface area contributed by atoms with Gasteiger partial charge in [0.15, 0.2) is 0 Å². The highest BCUT2D eigenvalue weighted by atomic mass is 19.4. The predicted molar refractivity (Wildman–Crippen MR) is 24.1 cm³/mol. The molecule has 0 aliphatic rings. The van der Waals surface area contributed by atoms with E-state index in [0.29, 0.717) is 0 Å². The molecule has 1 aromatic rings. The second kappa shape index (κ2) is 2.57. The van der Waals surface area contributed by atoms with Gasteiger partial charge in [0.05, 0.1) is 0 Å². The highest BCUT2D eigenvalue weighted by Crippen LogP contribution is 2.31. The smallest absolute Gasteiger partial charge is 0.163 e. The van der Waals surface area contributed by atoms with Gasteiger partial charge >= 0.3 is 12.5 Å². The van der Waals surface area contributed by atoms with Gasteiger partial charge in [-0.25, -0.2) is 0 Å². The van der Waals surface area contributed by atoms with E-state index in [-0.39, 0.29) is 0 Å². The molecule has 0 atom stereocenters. The van der Waals surface area contributed by atoms with Gasteiger partial charge in [0, 0.05) is 0 Å². The molecule has 0 saturated carbocycles. The van der Waals surface area contributed by atoms with E-state index in [1.54, 1.807) is 0 Å². The van der Waals surface area contributed by atoms with E-state index in [0.717, 1.165) is 0 Å². The van der Waals surface area contributed by atoms with Crippen LogP contribution in [0, 0.1) is 0 Å². The number of rotatable bonds is 0. The predicted octanol–water partition coefficient (Wildman–Crippen LogP) is 1.17. The summed E-state index contributed by atoms with van der Waals surface area (Å²) in [5, 5.41) is 6.65. The lowest BCUT2D eigenvalue weighted by Crippen LogP contribution is -2.25. The fourth-order valence-electron chi connectivity index (χ4n) is 0.535. The van der Waals surface area contributed by atoms with Crippen molar-refractivity contribution in [3.05, 3.63) is 5.82 Å². The third kappa shape index (κ3) is 1.87. The largest absolute Gasteiger partial charge is 0.507 e. The maximum atomic E-state index is 11.7. The fourth-order valence-corrected chi connectivity index (χ4v) is 0.535. The Labute approximate surface area is 66.1 Å². The van der Waals surface area contributed by atoms with E-state index in [9.17, 15) is 26.3 Å². The summed E-state index contributed by atoms with van der Waals surface area (Å²) in [7, 11) is 0. The van der Waals surface area contributed by atoms with Crippen molar-refractivity contribution in [1.29, 1.82) is 0 Å². The molecular weight excluding hydrogens is 206 g/mol. The minimum atomic E-state index is -5.27. The maximum absolute atomic E-state index is 11.7. The van der Waals surface area contributed by atoms with Crippen molar-refractivity contribution in [2.45, 2.75) is 12.5 Å². The highest BCUT2D eigenvalue weighted by Gasteiger charge is 2.46. The molecule has 1 heterocycles. The summed E-state index contributed by atoms with van der Waals surface area (Å²) in [6.07, 6.45) is -10.5. The molecule has 13 heavy (non-hydrogen) atoms. The molecule has 0 bridgehead atoms. The molecule has 0 aliphatic carbocycles. The molecular formula is C3F6N4. The number of hydrogen-bond donors (Lipinski definition) is 0. The maximum Gasteiger partial charge on any atom is 0.507 e. The van der Waals surface area contributed by atoms with Gasteiger partial charge in [-0.05, 0) is 10.4 Å². The number of alkyl halides is 6. The molecule has 0 N–H and O–H groups in total. The third-order valence-corrected chi connectivity index (χ3v) is 0.963. The van der Waals surface area contributed by atoms with Gasteiger partial charge in [-0.3, -0.25) is 0 Å². The van der Waals surface area contributed by atoms with Crippen LogP contribution in [0.25, 0.3) is 0 Å². The average Bonchev–Trinajstić information content (AvgIpc) is 2.27. The van der Waals surface area contributed by atoms with Crippen molar-refractivity contribution in [2.24, 2.45) is 0 Å². The second-order valence-corrected chi connectivity index (χ2v) is 1.88. The van der Waals surface area contributed by atoms with Crippen LogP contribution < -0.4 is 0 Å². The topological polar surface area (TPSA) is 43.6 Å². The Kier molecular flexibility index (Phi) is 1.92. The molecule has 1 rings (SSSR count). The first kappa shape index (κ1) is 9.74. The van der Waals surface area contributed by atoms with E-state index in [1.807, 2.05) is 0 Å². The minimum Gasteiger partial charge on any atom is -0.163 e. The van der Waals surface area contributed by atoms with Gasteiger partial charge in [-0.15, -0.1) is 23.0 Å². The quantitative estimate of drug-likeness (QED) is 0.598. The molecule has 0 spiro atoms. The van der Waals surface area contributed by atoms with Crippen LogP contribution in [0.1, 0.15) is 5.82 Å². The van der Waals surface area contributed by atoms with Gasteiger partial charge < -0.3 is 0 Å². The lowest BCUT2D eigenvalue weighted by atomic mass is 10.6. The first-order valence-corrected chi connectivity index (χ1v) is 2.65. The SMILES string of the molecule is FC(F)(F)c1nnnn1C(F)(F)F. The van der Waals surface area contributed by atoms with E-state index in [4.69, 9.17) is 0 Å². The summed E-state index contributed by atoms with van der Waals surface area (Å²) in [4.78, 5) is 0. The van der Waals surface area contributed by atoms with Crippen molar-refractivity contribution in [3.8, 4) is 0 Å². The first-order valence-electron chi connectivity index (χ1n) is 2.65. The Balaban J connectivity index is 3.19. The standard InChI is InChI=1S/C3F6N4/c4-2(5,6)1-10-11-12-13(1)3(7,8)9. The summed E-state index contributed by atoms with van der Waals surface area (Å²) in [5.41, 5.74) is 0. The zero-order chi connectivity index (χ0) is 10.3. The minimum absolute atomic E-state index is 1.24. The van der Waals surface area contributed by atoms with E-state index >= 15 is 0 Å². The van der Waals surface area contributed by atoms with Crippen LogP contribution in [0.2, 0.25) is 0 Å². The number of tetrazole rings is 1. The van der Waals surface area contributed by atoms with Crippen molar-refractivity contribution in [2.75, 3.05) is 0 Å². The number of nitrogens with zero attached hydrogens (tertiary/aromatic N) is 4. The lowest BCUT2D eigenvalue weighted by molar-refractivity contribution is -0.231. The summed E-state index contributed by atoms with van der Waals surface area (Å²) < 4.78 is 69.2. The Hall–Kier alpha value is -1.35. The molecule has 1 aromatic heterocycles. The molecule has 0 radical (unpaired) electrons. The van der Waals surface area contributed by atoms with Crippen LogP contribution in [0.15, 0.2) is 0 Å². The van der Waals surface area contributed by atoms with Crippen molar-refractivity contribution < 1.29 is 26.3 Å². The zero-order valence-corrected chi connectivity index (χ0v) is 5.56. The van der Waals surface area contributed by atoms with Gasteiger partial charge in [0.1, 0.15) is 0 Å². The van der Waals surface area contributed by atoms with E-state index in [1.165, 1.54) is 0 Å². The molecule has 0 aromatic carbocycles. The van der Waals surface area contributed by atoms with Crippen LogP contribution >= 0.6 is 0 Å². The first-order chi connectivity index (χ1) is 5.73. The molecule has 4 nitrogen and oxygen atoms in total. The molecule has 0 aliphatic heterocycles.